The Balaban J connectivity index is 1.70. The Labute approximate surface area is 208 Å². The number of benzene rings is 1. The molecule has 2 aromatic rings. The third-order valence-electron chi connectivity index (χ3n) is 6.51. The molecule has 0 saturated heterocycles. The Hall–Kier alpha value is -2.53. The summed E-state index contributed by atoms with van der Waals surface area (Å²) in [5.41, 5.74) is 0.458. The predicted octanol–water partition coefficient (Wildman–Crippen LogP) is 4.83. The van der Waals surface area contributed by atoms with E-state index in [-0.39, 0.29) is 24.6 Å². The summed E-state index contributed by atoms with van der Waals surface area (Å²) in [4.78, 5) is 16.7. The number of pyridine rings is 1. The zero-order valence-corrected chi connectivity index (χ0v) is 21.1. The van der Waals surface area contributed by atoms with Gasteiger partial charge in [0.2, 0.25) is 15.9 Å². The highest BCUT2D eigenvalue weighted by molar-refractivity contribution is 7.88. The molecular formula is C25H31F4N3O3S. The largest absolute Gasteiger partial charge is 0.433 e. The van der Waals surface area contributed by atoms with Gasteiger partial charge in [0.25, 0.3) is 0 Å². The summed E-state index contributed by atoms with van der Waals surface area (Å²) in [6, 6.07) is 6.42. The summed E-state index contributed by atoms with van der Waals surface area (Å²) < 4.78 is 78.9. The number of carbonyl (C=O) groups excluding carboxylic acids is 1. The molecule has 1 aliphatic rings. The molecule has 6 nitrogen and oxygen atoms in total. The molecule has 1 fully saturated rings. The van der Waals surface area contributed by atoms with E-state index in [4.69, 9.17) is 0 Å². The van der Waals surface area contributed by atoms with Crippen LogP contribution in [0.15, 0.2) is 30.3 Å². The van der Waals surface area contributed by atoms with Crippen molar-refractivity contribution < 1.29 is 30.8 Å². The average Bonchev–Trinajstić information content (AvgIpc) is 2.81. The molecule has 1 atom stereocenters. The predicted molar refractivity (Wildman–Crippen MR) is 128 cm³/mol. The molecule has 3 rings (SSSR count). The minimum absolute atomic E-state index is 0.00914. The molecule has 1 unspecified atom stereocenters. The van der Waals surface area contributed by atoms with Crippen LogP contribution in [0, 0.1) is 11.7 Å². The van der Waals surface area contributed by atoms with Gasteiger partial charge in [-0.1, -0.05) is 50.3 Å². The molecule has 1 amide bonds. The number of aromatic nitrogens is 1. The Morgan fingerprint density at radius 1 is 1.08 bits per heavy atom. The normalized spacial score (nSPS) is 16.1. The zero-order valence-electron chi connectivity index (χ0n) is 20.3. The van der Waals surface area contributed by atoms with Gasteiger partial charge in [-0.2, -0.15) is 13.2 Å². The zero-order chi connectivity index (χ0) is 26.5. The summed E-state index contributed by atoms with van der Waals surface area (Å²) in [6.45, 7) is 1.39. The summed E-state index contributed by atoms with van der Waals surface area (Å²) in [7, 11) is -3.49. The molecule has 0 radical (unpaired) electrons. The number of hydrogen-bond acceptors (Lipinski definition) is 4. The highest BCUT2D eigenvalue weighted by Gasteiger charge is 2.33. The second kappa shape index (κ2) is 11.7. The molecule has 1 heterocycles. The van der Waals surface area contributed by atoms with Crippen LogP contribution in [0.1, 0.15) is 73.0 Å². The van der Waals surface area contributed by atoms with Gasteiger partial charge in [-0.15, -0.1) is 0 Å². The van der Waals surface area contributed by atoms with E-state index in [9.17, 15) is 30.8 Å². The van der Waals surface area contributed by atoms with Gasteiger partial charge >= 0.3 is 6.18 Å². The van der Waals surface area contributed by atoms with Crippen molar-refractivity contribution in [2.75, 3.05) is 6.26 Å². The van der Waals surface area contributed by atoms with Crippen molar-refractivity contribution in [3.63, 3.8) is 0 Å². The van der Waals surface area contributed by atoms with Crippen molar-refractivity contribution in [1.29, 1.82) is 0 Å². The molecule has 11 heteroatoms. The van der Waals surface area contributed by atoms with Crippen LogP contribution < -0.4 is 10.0 Å². The first-order chi connectivity index (χ1) is 16.8. The topological polar surface area (TPSA) is 88.2 Å². The van der Waals surface area contributed by atoms with Gasteiger partial charge < -0.3 is 5.32 Å². The first-order valence-electron chi connectivity index (χ1n) is 11.9. The maximum atomic E-state index is 14.4. The van der Waals surface area contributed by atoms with Crippen molar-refractivity contribution >= 4 is 15.9 Å². The van der Waals surface area contributed by atoms with Gasteiger partial charge in [-0.25, -0.2) is 22.5 Å². The van der Waals surface area contributed by atoms with Gasteiger partial charge in [0.05, 0.1) is 12.2 Å². The molecule has 1 aromatic heterocycles. The first kappa shape index (κ1) is 28.0. The summed E-state index contributed by atoms with van der Waals surface area (Å²) >= 11 is 0. The van der Waals surface area contributed by atoms with E-state index in [0.29, 0.717) is 23.2 Å². The number of amides is 1. The number of hydrogen-bond donors (Lipinski definition) is 2. The highest BCUT2D eigenvalue weighted by atomic mass is 32.2. The summed E-state index contributed by atoms with van der Waals surface area (Å²) in [5.74, 6) is -1.53. The lowest BCUT2D eigenvalue weighted by molar-refractivity contribution is -0.141. The van der Waals surface area contributed by atoms with E-state index in [1.165, 1.54) is 18.2 Å². The molecule has 36 heavy (non-hydrogen) atoms. The van der Waals surface area contributed by atoms with Crippen molar-refractivity contribution in [1.82, 2.24) is 15.0 Å². The molecule has 1 aliphatic carbocycles. The van der Waals surface area contributed by atoms with Crippen LogP contribution in [0.5, 0.6) is 0 Å². The maximum Gasteiger partial charge on any atom is 0.433 e. The smallest absolute Gasteiger partial charge is 0.351 e. The third-order valence-corrected chi connectivity index (χ3v) is 7.18. The second-order valence-electron chi connectivity index (χ2n) is 9.39. The number of alkyl halides is 3. The van der Waals surface area contributed by atoms with Crippen molar-refractivity contribution in [2.24, 2.45) is 5.92 Å². The van der Waals surface area contributed by atoms with E-state index in [1.54, 1.807) is 13.0 Å². The monoisotopic (exact) mass is 529 g/mol. The standard InChI is InChI=1S/C25H31F4N3O3S/c1-16(18-8-9-19(21(26)13-18)15-31-36(2,34)35)24(33)30-14-20-10-11-23(25(27,28)29)32-22(20)12-17-6-4-3-5-7-17/h8-11,13,16-17,31H,3-7,12,14-15H2,1-2H3,(H,30,33). The van der Waals surface area contributed by atoms with Crippen LogP contribution in [0.2, 0.25) is 0 Å². The average molecular weight is 530 g/mol. The summed E-state index contributed by atoms with van der Waals surface area (Å²) in [5, 5.41) is 2.74. The van der Waals surface area contributed by atoms with Gasteiger partial charge in [0, 0.05) is 24.3 Å². The van der Waals surface area contributed by atoms with Crippen LogP contribution in [-0.4, -0.2) is 25.6 Å². The quantitative estimate of drug-likeness (QED) is 0.456. The molecule has 0 spiro atoms. The van der Waals surface area contributed by atoms with E-state index >= 15 is 0 Å². The number of nitrogens with one attached hydrogen (secondary N) is 2. The van der Waals surface area contributed by atoms with Gasteiger partial charge in [-0.05, 0) is 42.5 Å². The number of rotatable bonds is 9. The highest BCUT2D eigenvalue weighted by Crippen LogP contribution is 2.31. The van der Waals surface area contributed by atoms with Gasteiger partial charge in [-0.3, -0.25) is 4.79 Å². The second-order valence-corrected chi connectivity index (χ2v) is 11.2. The lowest BCUT2D eigenvalue weighted by Crippen LogP contribution is -2.28. The number of halogens is 4. The lowest BCUT2D eigenvalue weighted by atomic mass is 9.85. The maximum absolute atomic E-state index is 14.4. The fourth-order valence-corrected chi connectivity index (χ4v) is 4.78. The van der Waals surface area contributed by atoms with E-state index < -0.39 is 39.5 Å². The number of carbonyl (C=O) groups is 1. The van der Waals surface area contributed by atoms with Crippen LogP contribution in [0.25, 0.3) is 0 Å². The molecule has 198 valence electrons. The Morgan fingerprint density at radius 3 is 2.36 bits per heavy atom. The minimum atomic E-state index is -4.55. The molecule has 0 aliphatic heterocycles. The van der Waals surface area contributed by atoms with Crippen LogP contribution in [0.3, 0.4) is 0 Å². The molecule has 2 N–H and O–H groups in total. The fraction of sp³-hybridized carbons (Fsp3) is 0.520. The third kappa shape index (κ3) is 7.99. The fourth-order valence-electron chi connectivity index (χ4n) is 4.36. The Kier molecular flexibility index (Phi) is 9.10. The van der Waals surface area contributed by atoms with Crippen LogP contribution in [0.4, 0.5) is 17.6 Å². The lowest BCUT2D eigenvalue weighted by Gasteiger charge is -2.23. The molecular weight excluding hydrogens is 498 g/mol. The minimum Gasteiger partial charge on any atom is -0.351 e. The van der Waals surface area contributed by atoms with E-state index in [0.717, 1.165) is 44.4 Å². The first-order valence-corrected chi connectivity index (χ1v) is 13.8. The van der Waals surface area contributed by atoms with Crippen molar-refractivity contribution in [3.8, 4) is 0 Å². The Bertz CT molecular complexity index is 1180. The van der Waals surface area contributed by atoms with Crippen molar-refractivity contribution in [3.05, 3.63) is 64.2 Å². The van der Waals surface area contributed by atoms with E-state index in [1.807, 2.05) is 0 Å². The summed E-state index contributed by atoms with van der Waals surface area (Å²) in [6.07, 6.45) is 1.97. The number of nitrogens with zero attached hydrogens (tertiary/aromatic N) is 1. The molecule has 0 bridgehead atoms. The Morgan fingerprint density at radius 2 is 1.75 bits per heavy atom. The van der Waals surface area contributed by atoms with Gasteiger partial charge in [0.1, 0.15) is 11.5 Å². The van der Waals surface area contributed by atoms with Crippen LogP contribution >= 0.6 is 0 Å². The van der Waals surface area contributed by atoms with Crippen molar-refractivity contribution in [2.45, 2.75) is 70.6 Å². The van der Waals surface area contributed by atoms with Crippen LogP contribution in [-0.2, 0) is 40.5 Å². The number of sulfonamides is 1. The van der Waals surface area contributed by atoms with Gasteiger partial charge in [0.15, 0.2) is 0 Å². The SMILES string of the molecule is CC(C(=O)NCc1ccc(C(F)(F)F)nc1CC1CCCCC1)c1ccc(CNS(C)(=O)=O)c(F)c1. The molecule has 1 saturated carbocycles. The van der Waals surface area contributed by atoms with E-state index in [2.05, 4.69) is 15.0 Å². The molecule has 1 aromatic carbocycles.